The molecule has 1 N–H and O–H groups in total. The minimum atomic E-state index is -4.97. The number of nitrogens with one attached hydrogen (secondary N) is 1. The molecule has 1 aliphatic heterocycles. The zero-order valence-electron chi connectivity index (χ0n) is 12.2. The van der Waals surface area contributed by atoms with Gasteiger partial charge in [-0.05, 0) is 18.1 Å². The van der Waals surface area contributed by atoms with Gasteiger partial charge in [0.25, 0.3) is 5.91 Å². The second-order valence-corrected chi connectivity index (χ2v) is 5.25. The van der Waals surface area contributed by atoms with Crippen LogP contribution in [0.4, 0.5) is 18.9 Å². The third kappa shape index (κ3) is 2.97. The molecule has 1 atom stereocenters. The van der Waals surface area contributed by atoms with Crippen LogP contribution in [0.1, 0.15) is 16.1 Å². The Morgan fingerprint density at radius 1 is 1.29 bits per heavy atom. The average Bonchev–Trinajstić information content (AvgIpc) is 3.18. The molecule has 0 spiro atoms. The van der Waals surface area contributed by atoms with Crippen molar-refractivity contribution in [1.29, 1.82) is 0 Å². The number of anilines is 1. The zero-order valence-corrected chi connectivity index (χ0v) is 12.2. The summed E-state index contributed by atoms with van der Waals surface area (Å²) in [5.41, 5.74) is 1.43. The maximum absolute atomic E-state index is 12.6. The molecule has 24 heavy (non-hydrogen) atoms. The van der Waals surface area contributed by atoms with E-state index in [9.17, 15) is 22.8 Å². The minimum Gasteiger partial charge on any atom is -0.364 e. The van der Waals surface area contributed by atoms with Crippen molar-refractivity contribution < 1.29 is 27.3 Å². The first-order valence-corrected chi connectivity index (χ1v) is 7.05. The third-order valence-electron chi connectivity index (χ3n) is 3.70. The van der Waals surface area contributed by atoms with Crippen LogP contribution < -0.4 is 10.2 Å². The zero-order chi connectivity index (χ0) is 17.3. The van der Waals surface area contributed by atoms with E-state index < -0.39 is 24.0 Å². The lowest BCUT2D eigenvalue weighted by Crippen LogP contribution is -2.48. The number of hydrogen-bond acceptors (Lipinski definition) is 4. The molecule has 1 unspecified atom stereocenters. The standard InChI is InChI=1S/C15H12F3N3O3/c16-15(17,18)14(23)19-8-10-7-9-3-1-2-4-12(9)21(10)13(22)11-5-6-24-20-11/h1-6,10H,7-8H2,(H,19,23). The first-order valence-electron chi connectivity index (χ1n) is 7.05. The van der Waals surface area contributed by atoms with Crippen LogP contribution in [-0.2, 0) is 11.2 Å². The number of rotatable bonds is 3. The number of benzene rings is 1. The molecule has 0 saturated heterocycles. The van der Waals surface area contributed by atoms with Crippen LogP contribution in [0.3, 0.4) is 0 Å². The number of para-hydroxylation sites is 1. The van der Waals surface area contributed by atoms with Crippen molar-refractivity contribution in [3.8, 4) is 0 Å². The van der Waals surface area contributed by atoms with Gasteiger partial charge in [-0.2, -0.15) is 13.2 Å². The van der Waals surface area contributed by atoms with Gasteiger partial charge in [-0.25, -0.2) is 0 Å². The fourth-order valence-electron chi connectivity index (χ4n) is 2.66. The minimum absolute atomic E-state index is 0.0406. The van der Waals surface area contributed by atoms with E-state index in [1.165, 1.54) is 17.2 Å². The van der Waals surface area contributed by atoms with E-state index in [0.717, 1.165) is 5.56 Å². The van der Waals surface area contributed by atoms with E-state index in [1.54, 1.807) is 24.3 Å². The summed E-state index contributed by atoms with van der Waals surface area (Å²) < 4.78 is 41.7. The lowest BCUT2D eigenvalue weighted by molar-refractivity contribution is -0.173. The molecule has 6 nitrogen and oxygen atoms in total. The maximum Gasteiger partial charge on any atom is 0.471 e. The van der Waals surface area contributed by atoms with Gasteiger partial charge in [0, 0.05) is 18.3 Å². The molecule has 2 amide bonds. The number of alkyl halides is 3. The van der Waals surface area contributed by atoms with Crippen LogP contribution in [0.15, 0.2) is 41.1 Å². The van der Waals surface area contributed by atoms with Crippen LogP contribution in [0.25, 0.3) is 0 Å². The number of aromatic nitrogens is 1. The monoisotopic (exact) mass is 339 g/mol. The molecule has 126 valence electrons. The second kappa shape index (κ2) is 5.99. The Balaban J connectivity index is 1.83. The summed E-state index contributed by atoms with van der Waals surface area (Å²) in [5.74, 6) is -2.53. The molecule has 2 aromatic rings. The van der Waals surface area contributed by atoms with E-state index in [-0.39, 0.29) is 12.2 Å². The normalized spacial score (nSPS) is 16.8. The van der Waals surface area contributed by atoms with Crippen LogP contribution in [0.2, 0.25) is 0 Å². The summed E-state index contributed by atoms with van der Waals surface area (Å²) in [6.45, 7) is -0.323. The smallest absolute Gasteiger partial charge is 0.364 e. The fraction of sp³-hybridized carbons (Fsp3) is 0.267. The molecule has 1 aliphatic rings. The third-order valence-corrected chi connectivity index (χ3v) is 3.70. The van der Waals surface area contributed by atoms with Gasteiger partial charge in [-0.15, -0.1) is 0 Å². The highest BCUT2D eigenvalue weighted by atomic mass is 19.4. The molecule has 2 heterocycles. The van der Waals surface area contributed by atoms with Gasteiger partial charge in [0.05, 0.1) is 6.04 Å². The van der Waals surface area contributed by atoms with Crippen molar-refractivity contribution in [3.63, 3.8) is 0 Å². The molecular weight excluding hydrogens is 327 g/mol. The highest BCUT2D eigenvalue weighted by Crippen LogP contribution is 2.33. The van der Waals surface area contributed by atoms with Gasteiger partial charge in [-0.1, -0.05) is 23.4 Å². The molecule has 0 radical (unpaired) electrons. The van der Waals surface area contributed by atoms with Crippen LogP contribution in [0, 0.1) is 0 Å². The highest BCUT2D eigenvalue weighted by Gasteiger charge is 2.40. The largest absolute Gasteiger partial charge is 0.471 e. The first kappa shape index (κ1) is 16.0. The van der Waals surface area contributed by atoms with Crippen molar-refractivity contribution in [3.05, 3.63) is 47.9 Å². The first-order chi connectivity index (χ1) is 11.4. The Bertz CT molecular complexity index is 759. The lowest BCUT2D eigenvalue weighted by atomic mass is 10.1. The molecule has 0 saturated carbocycles. The summed E-state index contributed by atoms with van der Waals surface area (Å²) in [7, 11) is 0. The van der Waals surface area contributed by atoms with Gasteiger partial charge in [-0.3, -0.25) is 9.59 Å². The van der Waals surface area contributed by atoms with E-state index in [2.05, 4.69) is 9.68 Å². The van der Waals surface area contributed by atoms with Crippen LogP contribution in [-0.4, -0.2) is 35.7 Å². The maximum atomic E-state index is 12.6. The van der Waals surface area contributed by atoms with Crippen molar-refractivity contribution >= 4 is 17.5 Å². The van der Waals surface area contributed by atoms with E-state index >= 15 is 0 Å². The fourth-order valence-corrected chi connectivity index (χ4v) is 2.66. The lowest BCUT2D eigenvalue weighted by Gasteiger charge is -2.25. The van der Waals surface area contributed by atoms with Crippen molar-refractivity contribution in [1.82, 2.24) is 10.5 Å². The Morgan fingerprint density at radius 3 is 2.71 bits per heavy atom. The Labute approximate surface area is 134 Å². The van der Waals surface area contributed by atoms with Crippen molar-refractivity contribution in [2.24, 2.45) is 0 Å². The quantitative estimate of drug-likeness (QED) is 0.927. The van der Waals surface area contributed by atoms with E-state index in [4.69, 9.17) is 0 Å². The summed E-state index contributed by atoms with van der Waals surface area (Å²) >= 11 is 0. The summed E-state index contributed by atoms with van der Waals surface area (Å²) in [5, 5.41) is 5.40. The SMILES string of the molecule is O=C(c1ccon1)N1c2ccccc2CC1CNC(=O)C(F)(F)F. The van der Waals surface area contributed by atoms with Gasteiger partial charge in [0.15, 0.2) is 5.69 Å². The Kier molecular flexibility index (Phi) is 4.00. The molecule has 0 fully saturated rings. The molecule has 1 aromatic heterocycles. The number of hydrogen-bond donors (Lipinski definition) is 1. The number of amides is 2. The number of carbonyl (C=O) groups excluding carboxylic acids is 2. The van der Waals surface area contributed by atoms with Crippen LogP contribution >= 0.6 is 0 Å². The molecular formula is C15H12F3N3O3. The molecule has 1 aromatic carbocycles. The Hall–Kier alpha value is -2.84. The van der Waals surface area contributed by atoms with E-state index in [0.29, 0.717) is 12.1 Å². The molecule has 3 rings (SSSR count). The summed E-state index contributed by atoms with van der Waals surface area (Å²) in [6.07, 6.45) is -3.40. The number of nitrogens with zero attached hydrogens (tertiary/aromatic N) is 2. The summed E-state index contributed by atoms with van der Waals surface area (Å²) in [4.78, 5) is 25.0. The number of carbonyl (C=O) groups is 2. The van der Waals surface area contributed by atoms with Gasteiger partial charge >= 0.3 is 12.1 Å². The van der Waals surface area contributed by atoms with E-state index in [1.807, 2.05) is 5.32 Å². The van der Waals surface area contributed by atoms with Crippen molar-refractivity contribution in [2.45, 2.75) is 18.6 Å². The van der Waals surface area contributed by atoms with Crippen LogP contribution in [0.5, 0.6) is 0 Å². The highest BCUT2D eigenvalue weighted by molar-refractivity contribution is 6.06. The molecule has 0 bridgehead atoms. The van der Waals surface area contributed by atoms with Gasteiger partial charge < -0.3 is 14.7 Å². The summed E-state index contributed by atoms with van der Waals surface area (Å²) in [6, 6.07) is 7.70. The van der Waals surface area contributed by atoms with Crippen molar-refractivity contribution in [2.75, 3.05) is 11.4 Å². The van der Waals surface area contributed by atoms with Gasteiger partial charge in [0.1, 0.15) is 6.26 Å². The number of fused-ring (bicyclic) bond motifs is 1. The topological polar surface area (TPSA) is 75.4 Å². The average molecular weight is 339 g/mol. The second-order valence-electron chi connectivity index (χ2n) is 5.25. The Morgan fingerprint density at radius 2 is 2.04 bits per heavy atom. The van der Waals surface area contributed by atoms with Gasteiger partial charge in [0.2, 0.25) is 0 Å². The number of halogens is 3. The predicted octanol–water partition coefficient (Wildman–Crippen LogP) is 1.92. The molecule has 9 heteroatoms. The molecule has 0 aliphatic carbocycles. The predicted molar refractivity (Wildman–Crippen MR) is 76.3 cm³/mol.